The molecule has 1 heterocycles. The molecule has 0 aromatic heterocycles. The molecular weight excluding hydrogens is 267 g/mol. The molecule has 0 saturated carbocycles. The van der Waals surface area contributed by atoms with Crippen molar-refractivity contribution in [2.75, 3.05) is 6.54 Å². The number of nitrogens with zero attached hydrogens (tertiary/aromatic N) is 1. The van der Waals surface area contributed by atoms with E-state index in [0.29, 0.717) is 6.54 Å². The van der Waals surface area contributed by atoms with E-state index in [2.05, 4.69) is 33.0 Å². The zero-order chi connectivity index (χ0) is 15.6. The van der Waals surface area contributed by atoms with Gasteiger partial charge in [0.15, 0.2) is 0 Å². The van der Waals surface area contributed by atoms with E-state index in [1.54, 1.807) is 6.07 Å². The summed E-state index contributed by atoms with van der Waals surface area (Å²) in [5, 5.41) is 3.37. The van der Waals surface area contributed by atoms with Crippen LogP contribution < -0.4 is 5.32 Å². The van der Waals surface area contributed by atoms with Crippen LogP contribution >= 0.6 is 0 Å². The maximum absolute atomic E-state index is 13.5. The van der Waals surface area contributed by atoms with Crippen LogP contribution in [0.3, 0.4) is 0 Å². The second-order valence-corrected chi connectivity index (χ2v) is 6.99. The predicted octanol–water partition coefficient (Wildman–Crippen LogP) is 3.47. The largest absolute Gasteiger partial charge is 0.321 e. The van der Waals surface area contributed by atoms with Crippen LogP contribution in [0, 0.1) is 11.2 Å². The molecule has 0 spiro atoms. The molecule has 4 heteroatoms. The van der Waals surface area contributed by atoms with Gasteiger partial charge in [-0.05, 0) is 29.5 Å². The van der Waals surface area contributed by atoms with Crippen molar-refractivity contribution >= 4 is 5.91 Å². The second-order valence-electron chi connectivity index (χ2n) is 6.99. The molecule has 116 valence electrons. The Balaban J connectivity index is 2.29. The van der Waals surface area contributed by atoms with Crippen LogP contribution in [0.5, 0.6) is 0 Å². The van der Waals surface area contributed by atoms with E-state index in [9.17, 15) is 9.18 Å². The Morgan fingerprint density at radius 3 is 2.62 bits per heavy atom. The minimum absolute atomic E-state index is 0.00399. The van der Waals surface area contributed by atoms with Crippen molar-refractivity contribution in [2.24, 2.45) is 5.41 Å². The Morgan fingerprint density at radius 2 is 2.05 bits per heavy atom. The molecule has 1 fully saturated rings. The van der Waals surface area contributed by atoms with Crippen molar-refractivity contribution in [3.63, 3.8) is 0 Å². The molecular formula is C17H25FN2O. The maximum Gasteiger partial charge on any atom is 0.241 e. The third-order valence-corrected chi connectivity index (χ3v) is 3.64. The molecule has 1 aliphatic heterocycles. The van der Waals surface area contributed by atoms with Gasteiger partial charge in [-0.15, -0.1) is 0 Å². The Kier molecular flexibility index (Phi) is 4.67. The average molecular weight is 292 g/mol. The smallest absolute Gasteiger partial charge is 0.241 e. The zero-order valence-electron chi connectivity index (χ0n) is 13.3. The maximum atomic E-state index is 13.5. The van der Waals surface area contributed by atoms with Gasteiger partial charge < -0.3 is 4.90 Å². The summed E-state index contributed by atoms with van der Waals surface area (Å²) in [4.78, 5) is 14.5. The Bertz CT molecular complexity index is 510. The summed E-state index contributed by atoms with van der Waals surface area (Å²) >= 11 is 0. The summed E-state index contributed by atoms with van der Waals surface area (Å²) in [6, 6.07) is 6.34. The lowest BCUT2D eigenvalue weighted by molar-refractivity contribution is -0.131. The molecule has 0 radical (unpaired) electrons. The standard InChI is InChI=1S/C17H25FN2O/c1-5-7-14-16(21)20(11-17(2,3)4)15(19-14)12-8-6-9-13(18)10-12/h6,8-10,14-15,19H,5,7,11H2,1-4H3. The van der Waals surface area contributed by atoms with Gasteiger partial charge in [-0.3, -0.25) is 10.1 Å². The summed E-state index contributed by atoms with van der Waals surface area (Å²) in [5.74, 6) is -0.141. The molecule has 1 aliphatic rings. The van der Waals surface area contributed by atoms with Crippen LogP contribution in [0.1, 0.15) is 52.3 Å². The second kappa shape index (κ2) is 6.14. The molecule has 2 unspecified atom stereocenters. The number of hydrogen-bond donors (Lipinski definition) is 1. The van der Waals surface area contributed by atoms with E-state index >= 15 is 0 Å². The van der Waals surface area contributed by atoms with Crippen LogP contribution in [0.4, 0.5) is 4.39 Å². The Morgan fingerprint density at radius 1 is 1.33 bits per heavy atom. The first-order valence-corrected chi connectivity index (χ1v) is 7.64. The summed E-state index contributed by atoms with van der Waals surface area (Å²) < 4.78 is 13.5. The van der Waals surface area contributed by atoms with Gasteiger partial charge in [-0.25, -0.2) is 4.39 Å². The summed E-state index contributed by atoms with van der Waals surface area (Å²) in [6.07, 6.45) is 1.53. The summed E-state index contributed by atoms with van der Waals surface area (Å²) in [6.45, 7) is 9.04. The highest BCUT2D eigenvalue weighted by atomic mass is 19.1. The first kappa shape index (κ1) is 16.0. The van der Waals surface area contributed by atoms with Crippen LogP contribution in [-0.4, -0.2) is 23.4 Å². The number of amides is 1. The summed E-state index contributed by atoms with van der Waals surface area (Å²) in [7, 11) is 0. The van der Waals surface area contributed by atoms with E-state index in [1.165, 1.54) is 12.1 Å². The fourth-order valence-electron chi connectivity index (χ4n) is 2.81. The average Bonchev–Trinajstić information content (AvgIpc) is 2.67. The van der Waals surface area contributed by atoms with Crippen LogP contribution in [-0.2, 0) is 4.79 Å². The third-order valence-electron chi connectivity index (χ3n) is 3.64. The molecule has 1 aromatic carbocycles. The van der Waals surface area contributed by atoms with Crippen molar-refractivity contribution in [1.29, 1.82) is 0 Å². The number of carbonyl (C=O) groups excluding carboxylic acids is 1. The highest BCUT2D eigenvalue weighted by Crippen LogP contribution is 2.30. The zero-order valence-corrected chi connectivity index (χ0v) is 13.3. The van der Waals surface area contributed by atoms with Crippen LogP contribution in [0.15, 0.2) is 24.3 Å². The monoisotopic (exact) mass is 292 g/mol. The van der Waals surface area contributed by atoms with Crippen LogP contribution in [0.2, 0.25) is 0 Å². The van der Waals surface area contributed by atoms with E-state index in [1.807, 2.05) is 11.0 Å². The topological polar surface area (TPSA) is 32.3 Å². The lowest BCUT2D eigenvalue weighted by atomic mass is 9.95. The van der Waals surface area contributed by atoms with E-state index in [0.717, 1.165) is 18.4 Å². The van der Waals surface area contributed by atoms with Gasteiger partial charge in [-0.2, -0.15) is 0 Å². The molecule has 2 rings (SSSR count). The molecule has 0 bridgehead atoms. The highest BCUT2D eigenvalue weighted by molar-refractivity contribution is 5.84. The van der Waals surface area contributed by atoms with E-state index in [-0.39, 0.29) is 29.3 Å². The number of halogens is 1. The Hall–Kier alpha value is -1.42. The van der Waals surface area contributed by atoms with Crippen molar-refractivity contribution < 1.29 is 9.18 Å². The number of nitrogens with one attached hydrogen (secondary N) is 1. The normalized spacial score (nSPS) is 22.9. The molecule has 2 atom stereocenters. The molecule has 21 heavy (non-hydrogen) atoms. The fourth-order valence-corrected chi connectivity index (χ4v) is 2.81. The van der Waals surface area contributed by atoms with Crippen molar-refractivity contribution in [1.82, 2.24) is 10.2 Å². The van der Waals surface area contributed by atoms with Gasteiger partial charge in [-0.1, -0.05) is 46.2 Å². The van der Waals surface area contributed by atoms with Gasteiger partial charge in [0.25, 0.3) is 0 Å². The minimum atomic E-state index is -0.267. The number of rotatable bonds is 4. The van der Waals surface area contributed by atoms with E-state index < -0.39 is 0 Å². The molecule has 0 aliphatic carbocycles. The number of hydrogen-bond acceptors (Lipinski definition) is 2. The molecule has 3 nitrogen and oxygen atoms in total. The lowest BCUT2D eigenvalue weighted by Gasteiger charge is -2.31. The quantitative estimate of drug-likeness (QED) is 0.921. The van der Waals surface area contributed by atoms with Crippen LogP contribution in [0.25, 0.3) is 0 Å². The SMILES string of the molecule is CCCC1NC(c2cccc(F)c2)N(CC(C)(C)C)C1=O. The van der Waals surface area contributed by atoms with Crippen molar-refractivity contribution in [2.45, 2.75) is 52.7 Å². The predicted molar refractivity (Wildman–Crippen MR) is 82.1 cm³/mol. The summed E-state index contributed by atoms with van der Waals surface area (Å²) in [5.41, 5.74) is 0.815. The van der Waals surface area contributed by atoms with Crippen molar-refractivity contribution in [3.05, 3.63) is 35.6 Å². The molecule has 1 saturated heterocycles. The number of benzene rings is 1. The van der Waals surface area contributed by atoms with Crippen molar-refractivity contribution in [3.8, 4) is 0 Å². The Labute approximate surface area is 126 Å². The van der Waals surface area contributed by atoms with E-state index in [4.69, 9.17) is 0 Å². The third kappa shape index (κ3) is 3.82. The molecule has 1 amide bonds. The molecule has 1 aromatic rings. The first-order chi connectivity index (χ1) is 9.81. The lowest BCUT2D eigenvalue weighted by Crippen LogP contribution is -2.37. The van der Waals surface area contributed by atoms with Gasteiger partial charge in [0.1, 0.15) is 12.0 Å². The highest BCUT2D eigenvalue weighted by Gasteiger charge is 2.40. The van der Waals surface area contributed by atoms with Gasteiger partial charge in [0, 0.05) is 6.54 Å². The molecule has 1 N–H and O–H groups in total. The van der Waals surface area contributed by atoms with Gasteiger partial charge in [0.05, 0.1) is 6.04 Å². The minimum Gasteiger partial charge on any atom is -0.321 e. The van der Waals surface area contributed by atoms with Gasteiger partial charge >= 0.3 is 0 Å². The first-order valence-electron chi connectivity index (χ1n) is 7.64. The fraction of sp³-hybridized carbons (Fsp3) is 0.588. The van der Waals surface area contributed by atoms with Gasteiger partial charge in [0.2, 0.25) is 5.91 Å². The number of carbonyl (C=O) groups is 1.